The second-order valence-corrected chi connectivity index (χ2v) is 8.54. The third-order valence-electron chi connectivity index (χ3n) is 5.99. The van der Waals surface area contributed by atoms with E-state index in [0.29, 0.717) is 23.9 Å². The standard InChI is InChI=1S/C23H30N6O2/c1-15-16(2)29(19-20(24-15)25-23(27(3)4)26-21(19)30)22(31)18-11-8-12-28(14-18)13-17-9-6-5-7-10-17/h5-7,9-10,14-16H,8,11-13H2,1-4H3,(H2,24,25,26,30)/t15-,16-/m1/s1. The van der Waals surface area contributed by atoms with Crippen molar-refractivity contribution in [3.63, 3.8) is 0 Å². The smallest absolute Gasteiger partial charge is 0.278 e. The van der Waals surface area contributed by atoms with Crippen LogP contribution in [0.25, 0.3) is 0 Å². The van der Waals surface area contributed by atoms with Crippen molar-refractivity contribution in [2.45, 2.75) is 45.3 Å². The molecule has 2 N–H and O–H groups in total. The first-order valence-corrected chi connectivity index (χ1v) is 10.8. The summed E-state index contributed by atoms with van der Waals surface area (Å²) in [5, 5.41) is 3.29. The molecular formula is C23H30N6O2. The third kappa shape index (κ3) is 4.15. The Kier molecular flexibility index (Phi) is 5.71. The van der Waals surface area contributed by atoms with Crippen LogP contribution in [0.1, 0.15) is 32.3 Å². The van der Waals surface area contributed by atoms with Gasteiger partial charge in [-0.2, -0.15) is 4.98 Å². The lowest BCUT2D eigenvalue weighted by Crippen LogP contribution is -2.54. The molecule has 31 heavy (non-hydrogen) atoms. The molecule has 1 aromatic heterocycles. The van der Waals surface area contributed by atoms with Crippen molar-refractivity contribution >= 4 is 23.4 Å². The lowest BCUT2D eigenvalue weighted by atomic mass is 10.0. The molecule has 164 valence electrons. The predicted molar refractivity (Wildman–Crippen MR) is 123 cm³/mol. The molecule has 0 spiro atoms. The molecule has 0 saturated heterocycles. The van der Waals surface area contributed by atoms with Crippen LogP contribution < -0.4 is 20.7 Å². The summed E-state index contributed by atoms with van der Waals surface area (Å²) in [5.41, 5.74) is 1.91. The van der Waals surface area contributed by atoms with E-state index in [0.717, 1.165) is 25.1 Å². The van der Waals surface area contributed by atoms with Gasteiger partial charge in [0.2, 0.25) is 5.95 Å². The molecule has 0 saturated carbocycles. The molecule has 3 heterocycles. The number of fused-ring (bicyclic) bond motifs is 1. The Morgan fingerprint density at radius 3 is 2.68 bits per heavy atom. The number of aromatic nitrogens is 2. The van der Waals surface area contributed by atoms with Crippen molar-refractivity contribution < 1.29 is 4.79 Å². The van der Waals surface area contributed by atoms with Crippen LogP contribution in [0.5, 0.6) is 0 Å². The van der Waals surface area contributed by atoms with E-state index in [2.05, 4.69) is 32.3 Å². The number of carbonyl (C=O) groups excluding carboxylic acids is 1. The zero-order valence-corrected chi connectivity index (χ0v) is 18.6. The molecule has 0 aliphatic carbocycles. The van der Waals surface area contributed by atoms with E-state index < -0.39 is 0 Å². The SMILES string of the molecule is C[C@@H]1[C@@H](C)Nc2nc(N(C)C)[nH]c(=O)c2N1C(=O)C1=CN(Cc2ccccc2)CCC1. The van der Waals surface area contributed by atoms with Gasteiger partial charge >= 0.3 is 0 Å². The Hall–Kier alpha value is -3.29. The zero-order valence-electron chi connectivity index (χ0n) is 18.6. The van der Waals surface area contributed by atoms with E-state index in [9.17, 15) is 9.59 Å². The van der Waals surface area contributed by atoms with Gasteiger partial charge < -0.3 is 15.1 Å². The number of anilines is 3. The van der Waals surface area contributed by atoms with E-state index in [1.807, 2.05) is 52.3 Å². The Balaban J connectivity index is 1.67. The number of benzene rings is 1. The summed E-state index contributed by atoms with van der Waals surface area (Å²) in [7, 11) is 3.63. The summed E-state index contributed by atoms with van der Waals surface area (Å²) < 4.78 is 0. The van der Waals surface area contributed by atoms with E-state index in [1.165, 1.54) is 5.56 Å². The molecule has 1 aromatic carbocycles. The summed E-state index contributed by atoms with van der Waals surface area (Å²) >= 11 is 0. The number of H-pyrrole nitrogens is 1. The van der Waals surface area contributed by atoms with Crippen molar-refractivity contribution in [3.05, 3.63) is 58.0 Å². The summed E-state index contributed by atoms with van der Waals surface area (Å²) in [5.74, 6) is 0.782. The highest BCUT2D eigenvalue weighted by atomic mass is 16.2. The number of carbonyl (C=O) groups is 1. The zero-order chi connectivity index (χ0) is 22.1. The Morgan fingerprint density at radius 2 is 1.97 bits per heavy atom. The van der Waals surface area contributed by atoms with Gasteiger partial charge in [-0.15, -0.1) is 0 Å². The van der Waals surface area contributed by atoms with Gasteiger partial charge in [0.25, 0.3) is 11.5 Å². The maximum atomic E-state index is 13.7. The first-order valence-electron chi connectivity index (χ1n) is 10.8. The maximum Gasteiger partial charge on any atom is 0.278 e. The lowest BCUT2D eigenvalue weighted by molar-refractivity contribution is -0.116. The molecule has 2 aliphatic heterocycles. The van der Waals surface area contributed by atoms with Crippen LogP contribution in [-0.2, 0) is 11.3 Å². The van der Waals surface area contributed by atoms with Crippen LogP contribution in [0, 0.1) is 0 Å². The molecule has 4 rings (SSSR count). The van der Waals surface area contributed by atoms with E-state index >= 15 is 0 Å². The molecule has 2 aromatic rings. The van der Waals surface area contributed by atoms with Gasteiger partial charge in [0, 0.05) is 45.0 Å². The van der Waals surface area contributed by atoms with Crippen LogP contribution in [-0.4, -0.2) is 53.5 Å². The fourth-order valence-electron chi connectivity index (χ4n) is 4.12. The molecule has 2 atom stereocenters. The second-order valence-electron chi connectivity index (χ2n) is 8.54. The molecule has 0 unspecified atom stereocenters. The molecule has 1 amide bonds. The number of rotatable bonds is 4. The molecular weight excluding hydrogens is 392 g/mol. The number of amides is 1. The first-order chi connectivity index (χ1) is 14.8. The Bertz CT molecular complexity index is 1050. The fraction of sp³-hybridized carbons (Fsp3) is 0.435. The normalized spacial score (nSPS) is 20.6. The maximum absolute atomic E-state index is 13.7. The van der Waals surface area contributed by atoms with Gasteiger partial charge in [-0.05, 0) is 32.3 Å². The first kappa shape index (κ1) is 21.0. The number of aromatic amines is 1. The van der Waals surface area contributed by atoms with Gasteiger partial charge in [0.1, 0.15) is 0 Å². The minimum atomic E-state index is -0.314. The van der Waals surface area contributed by atoms with Crippen molar-refractivity contribution in [2.75, 3.05) is 35.8 Å². The minimum absolute atomic E-state index is 0.0367. The van der Waals surface area contributed by atoms with Crippen LogP contribution in [0.2, 0.25) is 0 Å². The second kappa shape index (κ2) is 8.45. The third-order valence-corrected chi connectivity index (χ3v) is 5.99. The quantitative estimate of drug-likeness (QED) is 0.788. The van der Waals surface area contributed by atoms with Gasteiger partial charge in [-0.25, -0.2) is 0 Å². The number of nitrogens with zero attached hydrogens (tertiary/aromatic N) is 4. The van der Waals surface area contributed by atoms with Gasteiger partial charge in [0.15, 0.2) is 11.5 Å². The van der Waals surface area contributed by atoms with Crippen molar-refractivity contribution in [1.82, 2.24) is 14.9 Å². The summed E-state index contributed by atoms with van der Waals surface area (Å²) in [6, 6.07) is 10.0. The minimum Gasteiger partial charge on any atom is -0.373 e. The van der Waals surface area contributed by atoms with Crippen molar-refractivity contribution in [2.24, 2.45) is 0 Å². The predicted octanol–water partition coefficient (Wildman–Crippen LogP) is 2.55. The molecule has 0 fully saturated rings. The Morgan fingerprint density at radius 1 is 1.23 bits per heavy atom. The van der Waals surface area contributed by atoms with E-state index in [1.54, 1.807) is 9.80 Å². The molecule has 8 nitrogen and oxygen atoms in total. The van der Waals surface area contributed by atoms with Crippen molar-refractivity contribution in [3.8, 4) is 0 Å². The topological polar surface area (TPSA) is 84.6 Å². The average molecular weight is 423 g/mol. The Labute approximate surface area is 182 Å². The van der Waals surface area contributed by atoms with Gasteiger partial charge in [-0.1, -0.05) is 30.3 Å². The number of hydrogen-bond acceptors (Lipinski definition) is 6. The molecule has 2 aliphatic rings. The van der Waals surface area contributed by atoms with Crippen LogP contribution in [0.4, 0.5) is 17.5 Å². The molecule has 8 heteroatoms. The van der Waals surface area contributed by atoms with Gasteiger partial charge in [-0.3, -0.25) is 19.5 Å². The highest BCUT2D eigenvalue weighted by Crippen LogP contribution is 2.32. The largest absolute Gasteiger partial charge is 0.373 e. The lowest BCUT2D eigenvalue weighted by Gasteiger charge is -2.40. The highest BCUT2D eigenvalue weighted by molar-refractivity contribution is 6.08. The highest BCUT2D eigenvalue weighted by Gasteiger charge is 2.37. The summed E-state index contributed by atoms with van der Waals surface area (Å²) in [6.45, 7) is 5.63. The van der Waals surface area contributed by atoms with E-state index in [4.69, 9.17) is 0 Å². The molecule has 0 bridgehead atoms. The molecule has 0 radical (unpaired) electrons. The monoisotopic (exact) mass is 422 g/mol. The summed E-state index contributed by atoms with van der Waals surface area (Å²) in [6.07, 6.45) is 3.57. The van der Waals surface area contributed by atoms with Crippen molar-refractivity contribution in [1.29, 1.82) is 0 Å². The van der Waals surface area contributed by atoms with E-state index in [-0.39, 0.29) is 23.6 Å². The number of nitrogens with one attached hydrogen (secondary N) is 2. The summed E-state index contributed by atoms with van der Waals surface area (Å²) in [4.78, 5) is 39.5. The fourth-order valence-corrected chi connectivity index (χ4v) is 4.12. The van der Waals surface area contributed by atoms with Crippen LogP contribution >= 0.6 is 0 Å². The van der Waals surface area contributed by atoms with Gasteiger partial charge in [0.05, 0.1) is 6.04 Å². The van der Waals surface area contributed by atoms with Crippen LogP contribution in [0.15, 0.2) is 46.9 Å². The van der Waals surface area contributed by atoms with Crippen LogP contribution in [0.3, 0.4) is 0 Å². The number of hydrogen-bond donors (Lipinski definition) is 2. The average Bonchev–Trinajstić information content (AvgIpc) is 2.75.